The molecular weight excluding hydrogens is 202 g/mol. The fourth-order valence-electron chi connectivity index (χ4n) is 2.59. The molecule has 3 rings (SSSR count). The highest BCUT2D eigenvalue weighted by molar-refractivity contribution is 5.04. The van der Waals surface area contributed by atoms with Gasteiger partial charge in [-0.2, -0.15) is 5.10 Å². The molecule has 1 saturated heterocycles. The SMILES string of the molecule is NC1CCn2nc(C3CCCNC3)nc2C1. The third-order valence-electron chi connectivity index (χ3n) is 3.58. The molecule has 0 bridgehead atoms. The Morgan fingerprint density at radius 2 is 2.31 bits per heavy atom. The number of rotatable bonds is 1. The number of aromatic nitrogens is 3. The van der Waals surface area contributed by atoms with E-state index in [1.807, 2.05) is 4.68 Å². The molecule has 16 heavy (non-hydrogen) atoms. The van der Waals surface area contributed by atoms with Crippen LogP contribution in [-0.4, -0.2) is 33.9 Å². The molecule has 1 aromatic rings. The van der Waals surface area contributed by atoms with Crippen LogP contribution in [0, 0.1) is 0 Å². The quantitative estimate of drug-likeness (QED) is 0.701. The van der Waals surface area contributed by atoms with E-state index in [0.29, 0.717) is 5.92 Å². The molecule has 2 aliphatic rings. The topological polar surface area (TPSA) is 68.8 Å². The van der Waals surface area contributed by atoms with Crippen molar-refractivity contribution in [1.29, 1.82) is 0 Å². The first kappa shape index (κ1) is 10.2. The van der Waals surface area contributed by atoms with Gasteiger partial charge in [-0.05, 0) is 25.8 Å². The lowest BCUT2D eigenvalue weighted by atomic mass is 9.99. The Morgan fingerprint density at radius 1 is 1.38 bits per heavy atom. The number of piperidine rings is 1. The number of aryl methyl sites for hydroxylation is 1. The van der Waals surface area contributed by atoms with Gasteiger partial charge in [0, 0.05) is 31.5 Å². The van der Waals surface area contributed by atoms with Gasteiger partial charge in [-0.15, -0.1) is 0 Å². The third kappa shape index (κ3) is 1.85. The van der Waals surface area contributed by atoms with Gasteiger partial charge in [0.1, 0.15) is 5.82 Å². The minimum absolute atomic E-state index is 0.272. The molecular formula is C11H19N5. The smallest absolute Gasteiger partial charge is 0.155 e. The van der Waals surface area contributed by atoms with E-state index >= 15 is 0 Å². The molecule has 3 N–H and O–H groups in total. The first-order valence-electron chi connectivity index (χ1n) is 6.23. The van der Waals surface area contributed by atoms with Crippen LogP contribution in [0.3, 0.4) is 0 Å². The summed E-state index contributed by atoms with van der Waals surface area (Å²) in [5.41, 5.74) is 5.94. The Morgan fingerprint density at radius 3 is 3.12 bits per heavy atom. The lowest BCUT2D eigenvalue weighted by Gasteiger charge is -2.19. The highest BCUT2D eigenvalue weighted by atomic mass is 15.4. The van der Waals surface area contributed by atoms with E-state index in [-0.39, 0.29) is 6.04 Å². The van der Waals surface area contributed by atoms with Crippen LogP contribution in [0.2, 0.25) is 0 Å². The van der Waals surface area contributed by atoms with Gasteiger partial charge in [-0.3, -0.25) is 0 Å². The second kappa shape index (κ2) is 4.14. The van der Waals surface area contributed by atoms with Gasteiger partial charge in [0.25, 0.3) is 0 Å². The number of nitrogens with zero attached hydrogens (tertiary/aromatic N) is 3. The second-order valence-corrected chi connectivity index (χ2v) is 4.91. The number of hydrogen-bond acceptors (Lipinski definition) is 4. The molecule has 2 atom stereocenters. The fourth-order valence-corrected chi connectivity index (χ4v) is 2.59. The molecule has 2 unspecified atom stereocenters. The summed E-state index contributed by atoms with van der Waals surface area (Å²) in [6.45, 7) is 3.09. The van der Waals surface area contributed by atoms with E-state index in [2.05, 4.69) is 15.4 Å². The van der Waals surface area contributed by atoms with Gasteiger partial charge < -0.3 is 11.1 Å². The lowest BCUT2D eigenvalue weighted by Crippen LogP contribution is -2.31. The van der Waals surface area contributed by atoms with Crippen molar-refractivity contribution in [2.75, 3.05) is 13.1 Å². The summed E-state index contributed by atoms with van der Waals surface area (Å²) in [4.78, 5) is 4.66. The Labute approximate surface area is 95.4 Å². The van der Waals surface area contributed by atoms with Crippen LogP contribution in [0.25, 0.3) is 0 Å². The summed E-state index contributed by atoms with van der Waals surface area (Å²) in [7, 11) is 0. The van der Waals surface area contributed by atoms with E-state index in [9.17, 15) is 0 Å². The Kier molecular flexibility index (Phi) is 2.65. The van der Waals surface area contributed by atoms with Gasteiger partial charge in [-0.25, -0.2) is 9.67 Å². The molecule has 0 radical (unpaired) electrons. The van der Waals surface area contributed by atoms with Crippen molar-refractivity contribution in [3.8, 4) is 0 Å². The van der Waals surface area contributed by atoms with E-state index < -0.39 is 0 Å². The fraction of sp³-hybridized carbons (Fsp3) is 0.818. The summed E-state index contributed by atoms with van der Waals surface area (Å²) >= 11 is 0. The molecule has 0 aromatic carbocycles. The van der Waals surface area contributed by atoms with E-state index in [1.165, 1.54) is 12.8 Å². The van der Waals surface area contributed by atoms with Crippen molar-refractivity contribution in [1.82, 2.24) is 20.1 Å². The summed E-state index contributed by atoms with van der Waals surface area (Å²) in [5, 5.41) is 8.03. The van der Waals surface area contributed by atoms with Gasteiger partial charge in [0.15, 0.2) is 5.82 Å². The molecule has 0 amide bonds. The lowest BCUT2D eigenvalue weighted by molar-refractivity contribution is 0.423. The van der Waals surface area contributed by atoms with E-state index in [4.69, 9.17) is 5.73 Å². The van der Waals surface area contributed by atoms with Crippen molar-refractivity contribution >= 4 is 0 Å². The summed E-state index contributed by atoms with van der Waals surface area (Å²) in [6, 6.07) is 0.272. The van der Waals surface area contributed by atoms with Gasteiger partial charge >= 0.3 is 0 Å². The normalized spacial score (nSPS) is 30.1. The maximum absolute atomic E-state index is 5.94. The average Bonchev–Trinajstić information content (AvgIpc) is 2.73. The van der Waals surface area contributed by atoms with Crippen LogP contribution < -0.4 is 11.1 Å². The molecule has 2 aliphatic heterocycles. The standard InChI is InChI=1S/C11H19N5/c12-9-3-5-16-10(6-9)14-11(15-16)8-2-1-4-13-7-8/h8-9,13H,1-7,12H2. The van der Waals surface area contributed by atoms with Crippen LogP contribution in [0.15, 0.2) is 0 Å². The Balaban J connectivity index is 1.80. The first-order chi connectivity index (χ1) is 7.83. The highest BCUT2D eigenvalue weighted by Gasteiger charge is 2.24. The van der Waals surface area contributed by atoms with Crippen LogP contribution in [-0.2, 0) is 13.0 Å². The summed E-state index contributed by atoms with van der Waals surface area (Å²) in [6.07, 6.45) is 4.35. The molecule has 0 spiro atoms. The number of hydrogen-bond donors (Lipinski definition) is 2. The molecule has 88 valence electrons. The van der Waals surface area contributed by atoms with E-state index in [0.717, 1.165) is 44.1 Å². The Hall–Kier alpha value is -0.940. The predicted molar refractivity (Wildman–Crippen MR) is 61.2 cm³/mol. The van der Waals surface area contributed by atoms with Crippen molar-refractivity contribution in [2.24, 2.45) is 5.73 Å². The maximum Gasteiger partial charge on any atom is 0.155 e. The number of nitrogens with two attached hydrogens (primary N) is 1. The molecule has 0 saturated carbocycles. The van der Waals surface area contributed by atoms with Crippen LogP contribution in [0.1, 0.15) is 36.8 Å². The highest BCUT2D eigenvalue weighted by Crippen LogP contribution is 2.22. The monoisotopic (exact) mass is 221 g/mol. The zero-order valence-electron chi connectivity index (χ0n) is 9.52. The van der Waals surface area contributed by atoms with E-state index in [1.54, 1.807) is 0 Å². The van der Waals surface area contributed by atoms with Crippen molar-refractivity contribution in [3.05, 3.63) is 11.6 Å². The molecule has 5 nitrogen and oxygen atoms in total. The largest absolute Gasteiger partial charge is 0.327 e. The van der Waals surface area contributed by atoms with Gasteiger partial charge in [0.05, 0.1) is 0 Å². The zero-order valence-corrected chi connectivity index (χ0v) is 9.52. The predicted octanol–water partition coefficient (Wildman–Crippen LogP) is 0.0186. The van der Waals surface area contributed by atoms with Crippen molar-refractivity contribution < 1.29 is 0 Å². The van der Waals surface area contributed by atoms with Gasteiger partial charge in [0.2, 0.25) is 0 Å². The Bertz CT molecular complexity index is 366. The first-order valence-corrected chi connectivity index (χ1v) is 6.23. The molecule has 3 heterocycles. The summed E-state index contributed by atoms with van der Waals surface area (Å²) < 4.78 is 2.05. The minimum atomic E-state index is 0.272. The van der Waals surface area contributed by atoms with Gasteiger partial charge in [-0.1, -0.05) is 0 Å². The molecule has 5 heteroatoms. The zero-order chi connectivity index (χ0) is 11.0. The summed E-state index contributed by atoms with van der Waals surface area (Å²) in [5.74, 6) is 2.61. The van der Waals surface area contributed by atoms with Crippen LogP contribution >= 0.6 is 0 Å². The number of fused-ring (bicyclic) bond motifs is 1. The molecule has 1 aromatic heterocycles. The molecule has 0 aliphatic carbocycles. The van der Waals surface area contributed by atoms with Crippen molar-refractivity contribution in [3.63, 3.8) is 0 Å². The van der Waals surface area contributed by atoms with Crippen LogP contribution in [0.5, 0.6) is 0 Å². The average molecular weight is 221 g/mol. The second-order valence-electron chi connectivity index (χ2n) is 4.91. The van der Waals surface area contributed by atoms with Crippen molar-refractivity contribution in [2.45, 2.75) is 44.2 Å². The van der Waals surface area contributed by atoms with Crippen LogP contribution in [0.4, 0.5) is 0 Å². The molecule has 1 fully saturated rings. The minimum Gasteiger partial charge on any atom is -0.327 e. The maximum atomic E-state index is 5.94. The third-order valence-corrected chi connectivity index (χ3v) is 3.58. The number of nitrogens with one attached hydrogen (secondary N) is 1.